The van der Waals surface area contributed by atoms with Crippen LogP contribution in [0.25, 0.3) is 0 Å². The number of benzene rings is 1. The van der Waals surface area contributed by atoms with Gasteiger partial charge in [0.05, 0.1) is 12.3 Å². The van der Waals surface area contributed by atoms with E-state index in [-0.39, 0.29) is 11.8 Å². The van der Waals surface area contributed by atoms with Crippen LogP contribution in [0.4, 0.5) is 11.4 Å². The molecule has 2 N–H and O–H groups in total. The van der Waals surface area contributed by atoms with Gasteiger partial charge in [-0.2, -0.15) is 11.8 Å². The molecule has 1 aromatic carbocycles. The molecule has 0 atom stereocenters. The van der Waals surface area contributed by atoms with Crippen molar-refractivity contribution in [2.45, 2.75) is 19.3 Å². The maximum Gasteiger partial charge on any atom is 0.238 e. The Labute approximate surface area is 135 Å². The van der Waals surface area contributed by atoms with Gasteiger partial charge in [-0.05, 0) is 56.5 Å². The third-order valence-corrected chi connectivity index (χ3v) is 4.09. The largest absolute Gasteiger partial charge is 0.325 e. The van der Waals surface area contributed by atoms with E-state index in [1.54, 1.807) is 12.1 Å². The topological polar surface area (TPSA) is 61.4 Å². The van der Waals surface area contributed by atoms with E-state index in [1.807, 2.05) is 18.4 Å². The Balaban J connectivity index is 1.80. The van der Waals surface area contributed by atoms with Gasteiger partial charge in [-0.25, -0.2) is 0 Å². The Morgan fingerprint density at radius 1 is 1.00 bits per heavy atom. The maximum atomic E-state index is 12.0. The Bertz CT molecular complexity index is 499. The van der Waals surface area contributed by atoms with Crippen molar-refractivity contribution in [1.82, 2.24) is 4.90 Å². The minimum atomic E-state index is -0.0191. The number of thioether (sulfide) groups is 1. The van der Waals surface area contributed by atoms with E-state index < -0.39 is 0 Å². The van der Waals surface area contributed by atoms with Gasteiger partial charge < -0.3 is 10.6 Å². The van der Waals surface area contributed by atoms with Gasteiger partial charge in [0, 0.05) is 11.4 Å². The van der Waals surface area contributed by atoms with E-state index in [1.165, 1.54) is 31.0 Å². The van der Waals surface area contributed by atoms with Crippen molar-refractivity contribution >= 4 is 35.0 Å². The lowest BCUT2D eigenvalue weighted by Gasteiger charge is -2.25. The van der Waals surface area contributed by atoms with E-state index in [0.717, 1.165) is 24.5 Å². The van der Waals surface area contributed by atoms with Gasteiger partial charge in [0.2, 0.25) is 11.8 Å². The summed E-state index contributed by atoms with van der Waals surface area (Å²) in [7, 11) is 0. The van der Waals surface area contributed by atoms with E-state index in [2.05, 4.69) is 15.5 Å². The Morgan fingerprint density at radius 3 is 2.09 bits per heavy atom. The molecule has 0 unspecified atom stereocenters. The van der Waals surface area contributed by atoms with E-state index >= 15 is 0 Å². The highest BCUT2D eigenvalue weighted by Crippen LogP contribution is 2.14. The molecule has 6 heteroatoms. The van der Waals surface area contributed by atoms with E-state index in [0.29, 0.717) is 12.3 Å². The predicted molar refractivity (Wildman–Crippen MR) is 92.4 cm³/mol. The summed E-state index contributed by atoms with van der Waals surface area (Å²) in [5.41, 5.74) is 1.50. The molecule has 1 aromatic rings. The summed E-state index contributed by atoms with van der Waals surface area (Å²) in [5.74, 6) is 0.435. The van der Waals surface area contributed by atoms with Gasteiger partial charge in [0.1, 0.15) is 0 Å². The number of hydrogen-bond donors (Lipinski definition) is 2. The molecular formula is C16H23N3O2S. The van der Waals surface area contributed by atoms with Crippen molar-refractivity contribution < 1.29 is 9.59 Å². The van der Waals surface area contributed by atoms with Crippen LogP contribution in [0.15, 0.2) is 24.3 Å². The summed E-state index contributed by atoms with van der Waals surface area (Å²) >= 11 is 1.48. The number of amides is 2. The number of rotatable bonds is 6. The second kappa shape index (κ2) is 8.80. The second-order valence-electron chi connectivity index (χ2n) is 5.44. The zero-order valence-corrected chi connectivity index (χ0v) is 13.7. The highest BCUT2D eigenvalue weighted by Gasteiger charge is 2.13. The zero-order chi connectivity index (χ0) is 15.8. The molecule has 2 rings (SSSR count). The number of nitrogens with one attached hydrogen (secondary N) is 2. The number of carbonyl (C=O) groups is 2. The first-order valence-corrected chi connectivity index (χ1v) is 8.98. The van der Waals surface area contributed by atoms with Crippen LogP contribution in [-0.2, 0) is 9.59 Å². The number of nitrogens with zero attached hydrogens (tertiary/aromatic N) is 1. The highest BCUT2D eigenvalue weighted by molar-refractivity contribution is 7.99. The number of hydrogen-bond acceptors (Lipinski definition) is 4. The van der Waals surface area contributed by atoms with Crippen molar-refractivity contribution in [2.24, 2.45) is 0 Å². The SMILES string of the molecule is CSCC(=O)Nc1ccc(NC(=O)CN2CCCCC2)cc1. The monoisotopic (exact) mass is 321 g/mol. The fraction of sp³-hybridized carbons (Fsp3) is 0.500. The normalized spacial score (nSPS) is 15.3. The molecule has 22 heavy (non-hydrogen) atoms. The molecule has 0 saturated carbocycles. The Hall–Kier alpha value is -1.53. The molecule has 0 radical (unpaired) electrons. The molecule has 5 nitrogen and oxygen atoms in total. The molecule has 0 aliphatic carbocycles. The molecule has 0 bridgehead atoms. The minimum absolute atomic E-state index is 0.0149. The molecule has 0 aromatic heterocycles. The van der Waals surface area contributed by atoms with Gasteiger partial charge in [0.15, 0.2) is 0 Å². The van der Waals surface area contributed by atoms with Crippen molar-refractivity contribution in [3.8, 4) is 0 Å². The fourth-order valence-corrected chi connectivity index (χ4v) is 2.82. The third-order valence-electron chi connectivity index (χ3n) is 3.54. The van der Waals surface area contributed by atoms with E-state index in [4.69, 9.17) is 0 Å². The first-order valence-electron chi connectivity index (χ1n) is 7.58. The summed E-state index contributed by atoms with van der Waals surface area (Å²) in [6, 6.07) is 7.22. The van der Waals surface area contributed by atoms with Crippen LogP contribution in [0.5, 0.6) is 0 Å². The highest BCUT2D eigenvalue weighted by atomic mass is 32.2. The van der Waals surface area contributed by atoms with Crippen LogP contribution in [0.3, 0.4) is 0 Å². The molecule has 2 amide bonds. The van der Waals surface area contributed by atoms with E-state index in [9.17, 15) is 9.59 Å². The van der Waals surface area contributed by atoms with Crippen LogP contribution >= 0.6 is 11.8 Å². The summed E-state index contributed by atoms with van der Waals surface area (Å²) < 4.78 is 0. The molecule has 1 heterocycles. The van der Waals surface area contributed by atoms with Crippen molar-refractivity contribution in [3.05, 3.63) is 24.3 Å². The quantitative estimate of drug-likeness (QED) is 0.845. The fourth-order valence-electron chi connectivity index (χ4n) is 2.49. The minimum Gasteiger partial charge on any atom is -0.325 e. The second-order valence-corrected chi connectivity index (χ2v) is 6.31. The summed E-state index contributed by atoms with van der Waals surface area (Å²) in [5, 5.41) is 5.71. The van der Waals surface area contributed by atoms with Crippen LogP contribution in [-0.4, -0.2) is 48.4 Å². The van der Waals surface area contributed by atoms with Crippen molar-refractivity contribution in [2.75, 3.05) is 42.3 Å². The molecule has 120 valence electrons. The number of piperidine rings is 1. The predicted octanol–water partition coefficient (Wildman–Crippen LogP) is 2.41. The van der Waals surface area contributed by atoms with Crippen LogP contribution in [0, 0.1) is 0 Å². The van der Waals surface area contributed by atoms with Gasteiger partial charge in [-0.3, -0.25) is 14.5 Å². The number of likely N-dealkylation sites (tertiary alicyclic amines) is 1. The smallest absolute Gasteiger partial charge is 0.238 e. The summed E-state index contributed by atoms with van der Waals surface area (Å²) in [4.78, 5) is 25.7. The lowest BCUT2D eigenvalue weighted by molar-refractivity contribution is -0.117. The molecule has 0 spiro atoms. The Kier molecular flexibility index (Phi) is 6.74. The standard InChI is InChI=1S/C16H23N3O2S/c1-22-12-16(21)18-14-7-5-13(6-8-14)17-15(20)11-19-9-3-2-4-10-19/h5-8H,2-4,9-12H2,1H3,(H,17,20)(H,18,21). The third kappa shape index (κ3) is 5.69. The van der Waals surface area contributed by atoms with Gasteiger partial charge >= 0.3 is 0 Å². The number of carbonyl (C=O) groups excluding carboxylic acids is 2. The molecule has 1 saturated heterocycles. The molecule has 1 aliphatic rings. The summed E-state index contributed by atoms with van der Waals surface area (Å²) in [6.07, 6.45) is 5.51. The molecular weight excluding hydrogens is 298 g/mol. The average Bonchev–Trinajstić information content (AvgIpc) is 2.50. The molecule has 1 fully saturated rings. The first kappa shape index (κ1) is 16.8. The zero-order valence-electron chi connectivity index (χ0n) is 12.9. The van der Waals surface area contributed by atoms with Crippen LogP contribution in [0.2, 0.25) is 0 Å². The first-order chi connectivity index (χ1) is 10.7. The lowest BCUT2D eigenvalue weighted by Crippen LogP contribution is -2.36. The van der Waals surface area contributed by atoms with Gasteiger partial charge in [0.25, 0.3) is 0 Å². The van der Waals surface area contributed by atoms with Gasteiger partial charge in [-0.1, -0.05) is 6.42 Å². The van der Waals surface area contributed by atoms with Crippen molar-refractivity contribution in [1.29, 1.82) is 0 Å². The average molecular weight is 321 g/mol. The lowest BCUT2D eigenvalue weighted by atomic mass is 10.1. The molecule has 1 aliphatic heterocycles. The van der Waals surface area contributed by atoms with Crippen LogP contribution in [0.1, 0.15) is 19.3 Å². The number of anilines is 2. The maximum absolute atomic E-state index is 12.0. The Morgan fingerprint density at radius 2 is 1.55 bits per heavy atom. The van der Waals surface area contributed by atoms with Crippen molar-refractivity contribution in [3.63, 3.8) is 0 Å². The summed E-state index contributed by atoms with van der Waals surface area (Å²) in [6.45, 7) is 2.47. The van der Waals surface area contributed by atoms with Gasteiger partial charge in [-0.15, -0.1) is 0 Å². The van der Waals surface area contributed by atoms with Crippen LogP contribution < -0.4 is 10.6 Å².